The number of aromatic nitrogens is 1. The van der Waals surface area contributed by atoms with E-state index in [-0.39, 0.29) is 30.7 Å². The highest BCUT2D eigenvalue weighted by Crippen LogP contribution is 2.25. The van der Waals surface area contributed by atoms with Crippen molar-refractivity contribution in [1.29, 1.82) is 0 Å². The number of nitrogens with one attached hydrogen (secondary N) is 1. The van der Waals surface area contributed by atoms with E-state index in [9.17, 15) is 24.5 Å². The van der Waals surface area contributed by atoms with Crippen LogP contribution in [0, 0.1) is 17.0 Å². The van der Waals surface area contributed by atoms with Crippen molar-refractivity contribution in [3.05, 3.63) is 62.6 Å². The second kappa shape index (κ2) is 10.4. The molecule has 1 aliphatic heterocycles. The van der Waals surface area contributed by atoms with Crippen LogP contribution in [0.15, 0.2) is 45.6 Å². The molecule has 0 radical (unpaired) electrons. The van der Waals surface area contributed by atoms with Crippen molar-refractivity contribution in [1.82, 2.24) is 4.57 Å². The Labute approximate surface area is 200 Å². The molecule has 1 saturated heterocycles. The van der Waals surface area contributed by atoms with Crippen LogP contribution < -0.4 is 16.0 Å². The Morgan fingerprint density at radius 1 is 1.17 bits per heavy atom. The third-order valence-corrected chi connectivity index (χ3v) is 5.94. The van der Waals surface area contributed by atoms with E-state index in [1.54, 1.807) is 0 Å². The molecule has 1 fully saturated rings. The van der Waals surface area contributed by atoms with Crippen molar-refractivity contribution in [2.75, 3.05) is 29.9 Å². The van der Waals surface area contributed by atoms with Crippen molar-refractivity contribution >= 4 is 40.0 Å². The van der Waals surface area contributed by atoms with Crippen LogP contribution in [0.25, 0.3) is 11.1 Å². The maximum absolute atomic E-state index is 12.2. The first-order valence-corrected chi connectivity index (χ1v) is 11.4. The number of anilines is 2. The van der Waals surface area contributed by atoms with Crippen LogP contribution in [0.2, 0.25) is 0 Å². The number of esters is 1. The molecule has 0 atom stereocenters. The molecule has 0 unspecified atom stereocenters. The van der Waals surface area contributed by atoms with Crippen LogP contribution in [-0.2, 0) is 20.9 Å². The molecule has 1 aromatic heterocycles. The molecular formula is C24H26N4O7. The van der Waals surface area contributed by atoms with Gasteiger partial charge in [0.25, 0.3) is 11.6 Å². The summed E-state index contributed by atoms with van der Waals surface area (Å²) in [5.41, 5.74) is 3.05. The monoisotopic (exact) mass is 482 g/mol. The van der Waals surface area contributed by atoms with E-state index in [2.05, 4.69) is 10.2 Å². The van der Waals surface area contributed by atoms with Gasteiger partial charge in [0.05, 0.1) is 16.5 Å². The zero-order valence-electron chi connectivity index (χ0n) is 19.3. The Morgan fingerprint density at radius 3 is 2.66 bits per heavy atom. The summed E-state index contributed by atoms with van der Waals surface area (Å²) in [5.74, 6) is -1.67. The van der Waals surface area contributed by atoms with Crippen LogP contribution in [-0.4, -0.2) is 41.1 Å². The fraction of sp³-hybridized carbons (Fsp3) is 0.375. The van der Waals surface area contributed by atoms with Crippen molar-refractivity contribution in [3.8, 4) is 0 Å². The first-order chi connectivity index (χ1) is 16.8. The van der Waals surface area contributed by atoms with E-state index in [0.717, 1.165) is 24.3 Å². The van der Waals surface area contributed by atoms with E-state index < -0.39 is 29.2 Å². The molecule has 184 valence electrons. The number of fused-ring (bicyclic) bond motifs is 1. The fourth-order valence-electron chi connectivity index (χ4n) is 4.13. The van der Waals surface area contributed by atoms with E-state index in [0.29, 0.717) is 11.2 Å². The van der Waals surface area contributed by atoms with Gasteiger partial charge in [-0.2, -0.15) is 0 Å². The summed E-state index contributed by atoms with van der Waals surface area (Å²) in [7, 11) is 0. The molecule has 0 spiro atoms. The summed E-state index contributed by atoms with van der Waals surface area (Å²) in [6.07, 6.45) is 2.62. The lowest BCUT2D eigenvalue weighted by atomic mass is 10.1. The van der Waals surface area contributed by atoms with Crippen molar-refractivity contribution in [2.24, 2.45) is 0 Å². The number of rotatable bonds is 9. The lowest BCUT2D eigenvalue weighted by Gasteiger charge is -2.19. The highest BCUT2D eigenvalue weighted by molar-refractivity contribution is 5.93. The van der Waals surface area contributed by atoms with Crippen LogP contribution in [0.5, 0.6) is 0 Å². The summed E-state index contributed by atoms with van der Waals surface area (Å²) >= 11 is 0. The zero-order chi connectivity index (χ0) is 24.9. The molecule has 3 aromatic rings. The first-order valence-electron chi connectivity index (χ1n) is 11.4. The van der Waals surface area contributed by atoms with E-state index in [1.807, 2.05) is 25.1 Å². The number of oxazole rings is 1. The maximum atomic E-state index is 12.2. The second-order valence-electron chi connectivity index (χ2n) is 8.43. The van der Waals surface area contributed by atoms with Gasteiger partial charge < -0.3 is 19.4 Å². The quantitative estimate of drug-likeness (QED) is 0.278. The highest BCUT2D eigenvalue weighted by atomic mass is 16.6. The minimum atomic E-state index is -0.667. The van der Waals surface area contributed by atoms with Gasteiger partial charge in [0, 0.05) is 43.5 Å². The summed E-state index contributed by atoms with van der Waals surface area (Å²) < 4.78 is 11.4. The molecule has 0 saturated carbocycles. The number of amides is 1. The Morgan fingerprint density at radius 2 is 1.94 bits per heavy atom. The Bertz CT molecular complexity index is 1320. The van der Waals surface area contributed by atoms with Crippen LogP contribution in [0.3, 0.4) is 0 Å². The smallest absolute Gasteiger partial charge is 0.419 e. The van der Waals surface area contributed by atoms with Gasteiger partial charge >= 0.3 is 11.7 Å². The first kappa shape index (κ1) is 24.0. The van der Waals surface area contributed by atoms with Crippen LogP contribution in [0.4, 0.5) is 17.1 Å². The molecule has 0 aliphatic carbocycles. The number of aryl methyl sites for hydroxylation is 2. The SMILES string of the molecule is Cc1cc(N2CCCC2)ccc1NC(=O)COC(=O)CCCn1c(=O)oc2cc([N+](=O)[O-])ccc21. The minimum absolute atomic E-state index is 0.0110. The number of nitro benzene ring substituents is 1. The largest absolute Gasteiger partial charge is 0.456 e. The van der Waals surface area contributed by atoms with Gasteiger partial charge in [0.2, 0.25) is 0 Å². The number of hydrogen-bond donors (Lipinski definition) is 1. The number of carbonyl (C=O) groups is 2. The number of carbonyl (C=O) groups excluding carboxylic acids is 2. The topological polar surface area (TPSA) is 137 Å². The Hall–Kier alpha value is -4.15. The number of nitrogens with zero attached hydrogens (tertiary/aromatic N) is 3. The van der Waals surface area contributed by atoms with Crippen molar-refractivity contribution in [2.45, 2.75) is 39.2 Å². The molecule has 35 heavy (non-hydrogen) atoms. The minimum Gasteiger partial charge on any atom is -0.456 e. The lowest BCUT2D eigenvalue weighted by Crippen LogP contribution is -2.22. The number of benzene rings is 2. The van der Waals surface area contributed by atoms with Gasteiger partial charge in [-0.3, -0.25) is 24.3 Å². The predicted octanol–water partition coefficient (Wildman–Crippen LogP) is 3.37. The molecule has 2 aromatic carbocycles. The molecule has 4 rings (SSSR count). The standard InChI is InChI=1S/C24H26N4O7/c1-16-13-17(26-10-2-3-11-26)6-8-19(16)25-22(29)15-34-23(30)5-4-12-27-20-9-7-18(28(32)33)14-21(20)35-24(27)31/h6-9,13-14H,2-5,10-12,15H2,1H3,(H,25,29). The third-order valence-electron chi connectivity index (χ3n) is 5.94. The fourth-order valence-corrected chi connectivity index (χ4v) is 4.13. The Balaban J connectivity index is 1.24. The molecular weight excluding hydrogens is 456 g/mol. The molecule has 11 heteroatoms. The summed E-state index contributed by atoms with van der Waals surface area (Å²) in [4.78, 5) is 49.0. The second-order valence-corrected chi connectivity index (χ2v) is 8.43. The number of ether oxygens (including phenoxy) is 1. The van der Waals surface area contributed by atoms with E-state index in [4.69, 9.17) is 9.15 Å². The van der Waals surface area contributed by atoms with Gasteiger partial charge in [0.15, 0.2) is 12.2 Å². The normalized spacial score (nSPS) is 13.2. The van der Waals surface area contributed by atoms with Crippen molar-refractivity contribution < 1.29 is 23.7 Å². The molecule has 2 heterocycles. The Kier molecular flexibility index (Phi) is 7.14. The van der Waals surface area contributed by atoms with Gasteiger partial charge in [-0.15, -0.1) is 0 Å². The van der Waals surface area contributed by atoms with Crippen LogP contribution >= 0.6 is 0 Å². The molecule has 0 bridgehead atoms. The van der Waals surface area contributed by atoms with Gasteiger partial charge in [-0.05, 0) is 56.0 Å². The molecule has 1 aliphatic rings. The molecule has 11 nitrogen and oxygen atoms in total. The van der Waals surface area contributed by atoms with E-state index in [1.165, 1.54) is 35.6 Å². The summed E-state index contributed by atoms with van der Waals surface area (Å²) in [6, 6.07) is 9.75. The average Bonchev–Trinajstić information content (AvgIpc) is 3.47. The average molecular weight is 482 g/mol. The number of non-ortho nitro benzene ring substituents is 1. The number of hydrogen-bond acceptors (Lipinski definition) is 8. The van der Waals surface area contributed by atoms with Crippen LogP contribution in [0.1, 0.15) is 31.2 Å². The number of nitro groups is 1. The van der Waals surface area contributed by atoms with Gasteiger partial charge in [-0.1, -0.05) is 0 Å². The third kappa shape index (κ3) is 5.68. The molecule has 1 N–H and O–H groups in total. The summed E-state index contributed by atoms with van der Waals surface area (Å²) in [5, 5.41) is 13.6. The predicted molar refractivity (Wildman–Crippen MR) is 129 cm³/mol. The summed E-state index contributed by atoms with van der Waals surface area (Å²) in [6.45, 7) is 3.74. The lowest BCUT2D eigenvalue weighted by molar-refractivity contribution is -0.384. The van der Waals surface area contributed by atoms with Gasteiger partial charge in [-0.25, -0.2) is 4.79 Å². The van der Waals surface area contributed by atoms with Gasteiger partial charge in [0.1, 0.15) is 0 Å². The van der Waals surface area contributed by atoms with Crippen molar-refractivity contribution in [3.63, 3.8) is 0 Å². The zero-order valence-corrected chi connectivity index (χ0v) is 19.3. The maximum Gasteiger partial charge on any atom is 0.419 e. The highest BCUT2D eigenvalue weighted by Gasteiger charge is 2.16. The van der Waals surface area contributed by atoms with E-state index >= 15 is 0 Å². The molecule has 1 amide bonds.